The molecule has 0 radical (unpaired) electrons. The molecule has 2 aliphatic rings. The largest absolute Gasteiger partial charge is 0.423 e. The molecule has 1 N–H and O–H groups in total. The Morgan fingerprint density at radius 1 is 1.06 bits per heavy atom. The van der Waals surface area contributed by atoms with Crippen LogP contribution in [0.3, 0.4) is 0 Å². The third kappa shape index (κ3) is 8.29. The van der Waals surface area contributed by atoms with Crippen LogP contribution >= 0.6 is 0 Å². The maximum absolute atomic E-state index is 13.2. The van der Waals surface area contributed by atoms with Crippen LogP contribution in [-0.2, 0) is 16.2 Å². The molecule has 0 aliphatic carbocycles. The second-order valence-electron chi connectivity index (χ2n) is 9.16. The van der Waals surface area contributed by atoms with Crippen LogP contribution in [0.4, 0.5) is 24.5 Å². The molecular formula is C23H38F3N5O4S. The molecule has 0 bridgehead atoms. The number of piperidine rings is 1. The molecule has 3 rings (SSSR count). The first kappa shape index (κ1) is 30.3. The van der Waals surface area contributed by atoms with Crippen LogP contribution in [0.15, 0.2) is 18.2 Å². The van der Waals surface area contributed by atoms with E-state index in [9.17, 15) is 31.7 Å². The van der Waals surface area contributed by atoms with E-state index in [1.165, 1.54) is 16.8 Å². The van der Waals surface area contributed by atoms with Crippen LogP contribution in [0.1, 0.15) is 45.6 Å². The number of halogens is 3. The quantitative estimate of drug-likeness (QED) is 0.357. The summed E-state index contributed by atoms with van der Waals surface area (Å²) in [7, 11) is -3.42. The Hall–Kier alpha value is -1.96. The SMILES string of the molecule is C.CCCCN1CCN(CCS(=O)(=O)N2CCC(Nc3ccc([N+](=O)[O-])c(C(F)(F)F)c3)CC2)CC1. The van der Waals surface area contributed by atoms with E-state index >= 15 is 0 Å². The number of sulfonamides is 1. The normalized spacial score (nSPS) is 19.1. The number of nitro benzene ring substituents is 1. The van der Waals surface area contributed by atoms with E-state index in [2.05, 4.69) is 22.0 Å². The molecule has 9 nitrogen and oxygen atoms in total. The summed E-state index contributed by atoms with van der Waals surface area (Å²) in [4.78, 5) is 14.5. The van der Waals surface area contributed by atoms with Crippen molar-refractivity contribution in [1.29, 1.82) is 0 Å². The number of rotatable bonds is 10. The van der Waals surface area contributed by atoms with Crippen LogP contribution in [0.2, 0.25) is 0 Å². The van der Waals surface area contributed by atoms with Crippen LogP contribution < -0.4 is 5.32 Å². The maximum atomic E-state index is 13.2. The van der Waals surface area contributed by atoms with Crippen LogP contribution in [-0.4, -0.2) is 91.6 Å². The minimum absolute atomic E-state index is 0. The van der Waals surface area contributed by atoms with E-state index in [0.29, 0.717) is 19.4 Å². The average Bonchev–Trinajstić information content (AvgIpc) is 2.82. The van der Waals surface area contributed by atoms with Gasteiger partial charge in [-0.15, -0.1) is 0 Å². The van der Waals surface area contributed by atoms with Crippen molar-refractivity contribution < 1.29 is 26.5 Å². The maximum Gasteiger partial charge on any atom is 0.423 e. The Bertz CT molecular complexity index is 961. The first-order valence-corrected chi connectivity index (χ1v) is 13.6. The van der Waals surface area contributed by atoms with Gasteiger partial charge in [-0.2, -0.15) is 13.2 Å². The van der Waals surface area contributed by atoms with Crippen molar-refractivity contribution in [3.63, 3.8) is 0 Å². The molecule has 0 unspecified atom stereocenters. The van der Waals surface area contributed by atoms with Crippen LogP contribution in [0.25, 0.3) is 0 Å². The second kappa shape index (κ2) is 13.0. The third-order valence-corrected chi connectivity index (χ3v) is 8.53. The highest BCUT2D eigenvalue weighted by molar-refractivity contribution is 7.89. The summed E-state index contributed by atoms with van der Waals surface area (Å²) in [6, 6.07) is 2.61. The Labute approximate surface area is 211 Å². The smallest absolute Gasteiger partial charge is 0.382 e. The van der Waals surface area contributed by atoms with Gasteiger partial charge in [0.1, 0.15) is 5.56 Å². The molecule has 0 amide bonds. The monoisotopic (exact) mass is 537 g/mol. The summed E-state index contributed by atoms with van der Waals surface area (Å²) < 4.78 is 66.8. The lowest BCUT2D eigenvalue weighted by molar-refractivity contribution is -0.388. The van der Waals surface area contributed by atoms with E-state index in [-0.39, 0.29) is 38.0 Å². The fourth-order valence-electron chi connectivity index (χ4n) is 4.52. The van der Waals surface area contributed by atoms with Gasteiger partial charge in [0.25, 0.3) is 5.69 Å². The molecule has 2 fully saturated rings. The number of hydrogen-bond acceptors (Lipinski definition) is 7. The zero-order valence-corrected chi connectivity index (χ0v) is 20.8. The molecule has 2 heterocycles. The number of benzene rings is 1. The zero-order valence-electron chi connectivity index (χ0n) is 20.0. The van der Waals surface area contributed by atoms with Crippen molar-refractivity contribution in [3.8, 4) is 0 Å². The molecule has 0 saturated carbocycles. The lowest BCUT2D eigenvalue weighted by Crippen LogP contribution is -2.49. The highest BCUT2D eigenvalue weighted by Gasteiger charge is 2.38. The summed E-state index contributed by atoms with van der Waals surface area (Å²) in [6.45, 7) is 7.94. The van der Waals surface area contributed by atoms with Gasteiger partial charge in [-0.25, -0.2) is 12.7 Å². The van der Waals surface area contributed by atoms with Crippen molar-refractivity contribution in [2.24, 2.45) is 0 Å². The van der Waals surface area contributed by atoms with Gasteiger partial charge in [0.15, 0.2) is 0 Å². The first-order chi connectivity index (χ1) is 16.5. The molecule has 2 aliphatic heterocycles. The van der Waals surface area contributed by atoms with E-state index in [4.69, 9.17) is 0 Å². The Balaban J connectivity index is 0.00000456. The lowest BCUT2D eigenvalue weighted by atomic mass is 10.1. The van der Waals surface area contributed by atoms with Crippen molar-refractivity contribution in [2.75, 3.05) is 63.4 Å². The van der Waals surface area contributed by atoms with E-state index in [1.807, 2.05) is 0 Å². The molecule has 206 valence electrons. The summed E-state index contributed by atoms with van der Waals surface area (Å²) in [5, 5.41) is 13.9. The number of piperazine rings is 1. The Morgan fingerprint density at radius 3 is 2.17 bits per heavy atom. The third-order valence-electron chi connectivity index (χ3n) is 6.68. The number of nitrogens with zero attached hydrogens (tertiary/aromatic N) is 4. The molecule has 0 aromatic heterocycles. The van der Waals surface area contributed by atoms with Gasteiger partial charge in [0.2, 0.25) is 10.0 Å². The highest BCUT2D eigenvalue weighted by atomic mass is 32.2. The Morgan fingerprint density at radius 2 is 1.64 bits per heavy atom. The fourth-order valence-corrected chi connectivity index (χ4v) is 6.03. The van der Waals surface area contributed by atoms with E-state index in [0.717, 1.165) is 51.3 Å². The molecule has 2 saturated heterocycles. The summed E-state index contributed by atoms with van der Waals surface area (Å²) in [5.41, 5.74) is -2.17. The summed E-state index contributed by atoms with van der Waals surface area (Å²) in [5.74, 6) is 0.0529. The minimum Gasteiger partial charge on any atom is -0.382 e. The van der Waals surface area contributed by atoms with Crippen molar-refractivity contribution in [2.45, 2.75) is 52.3 Å². The molecule has 0 atom stereocenters. The molecule has 1 aromatic carbocycles. The average molecular weight is 538 g/mol. The number of alkyl halides is 3. The first-order valence-electron chi connectivity index (χ1n) is 12.0. The second-order valence-corrected chi connectivity index (χ2v) is 11.2. The van der Waals surface area contributed by atoms with Gasteiger partial charge >= 0.3 is 6.18 Å². The topological polar surface area (TPSA) is 99.0 Å². The van der Waals surface area contributed by atoms with Crippen molar-refractivity contribution in [3.05, 3.63) is 33.9 Å². The number of unbranched alkanes of at least 4 members (excludes halogenated alkanes) is 1. The lowest BCUT2D eigenvalue weighted by Gasteiger charge is -2.36. The van der Waals surface area contributed by atoms with Crippen LogP contribution in [0, 0.1) is 10.1 Å². The van der Waals surface area contributed by atoms with Crippen molar-refractivity contribution >= 4 is 21.4 Å². The van der Waals surface area contributed by atoms with Crippen molar-refractivity contribution in [1.82, 2.24) is 14.1 Å². The van der Waals surface area contributed by atoms with Gasteiger partial charge in [0, 0.05) is 63.6 Å². The minimum atomic E-state index is -4.85. The molecule has 36 heavy (non-hydrogen) atoms. The molecule has 1 aromatic rings. The van der Waals surface area contributed by atoms with Crippen LogP contribution in [0.5, 0.6) is 0 Å². The number of nitro groups is 1. The van der Waals surface area contributed by atoms with Gasteiger partial charge in [0.05, 0.1) is 10.7 Å². The van der Waals surface area contributed by atoms with Gasteiger partial charge < -0.3 is 10.2 Å². The van der Waals surface area contributed by atoms with E-state index in [1.54, 1.807) is 0 Å². The van der Waals surface area contributed by atoms with E-state index < -0.39 is 32.4 Å². The number of hydrogen-bond donors (Lipinski definition) is 1. The number of nitrogens with one attached hydrogen (secondary N) is 1. The highest BCUT2D eigenvalue weighted by Crippen LogP contribution is 2.38. The number of anilines is 1. The molecular weight excluding hydrogens is 499 g/mol. The molecule has 0 spiro atoms. The zero-order chi connectivity index (χ0) is 25.6. The van der Waals surface area contributed by atoms with Gasteiger partial charge in [-0.3, -0.25) is 15.0 Å². The summed E-state index contributed by atoms with van der Waals surface area (Å²) >= 11 is 0. The van der Waals surface area contributed by atoms with Gasteiger partial charge in [-0.1, -0.05) is 20.8 Å². The van der Waals surface area contributed by atoms with Gasteiger partial charge in [-0.05, 0) is 37.9 Å². The predicted octanol–water partition coefficient (Wildman–Crippen LogP) is 3.87. The fraction of sp³-hybridized carbons (Fsp3) is 0.739. The molecule has 13 heteroatoms. The standard InChI is InChI=1S/C22H34F3N5O4S.CH4/c1-2-3-8-27-11-13-28(14-12-27)15-16-35(33,34)29-9-6-18(7-10-29)26-19-4-5-21(30(31)32)20(17-19)22(23,24)25;/h4-5,17-18,26H,2-3,6-16H2,1H3;1H4. The predicted molar refractivity (Wildman–Crippen MR) is 135 cm³/mol. The Kier molecular flexibility index (Phi) is 10.9. The summed E-state index contributed by atoms with van der Waals surface area (Å²) in [6.07, 6.45) is -1.64.